The Balaban J connectivity index is 1.16. The van der Waals surface area contributed by atoms with E-state index < -0.39 is 0 Å². The third kappa shape index (κ3) is 4.67. The lowest BCUT2D eigenvalue weighted by Gasteiger charge is -2.33. The van der Waals surface area contributed by atoms with E-state index in [4.69, 9.17) is 0 Å². The first-order chi connectivity index (χ1) is 26.6. The van der Waals surface area contributed by atoms with E-state index in [1.165, 1.54) is 0 Å². The average Bonchev–Trinajstić information content (AvgIpc) is 3.45. The Bertz CT molecular complexity index is 3110. The lowest BCUT2D eigenvalue weighted by molar-refractivity contribution is 1.17. The standard InChI is InChI=1S/C48H28N2O2S2/c51-47-33-12-10-17-36(49-37-13-1-5-19-42(37)53-43-20-6-2-14-38(43)49)32(33)26-25-31-28-35-30(27-34(31)47)24-23-29-11-9-18-41(46(29)48(35)52)50-39-15-3-7-21-44(39)54-45-22-8-4-16-40(45)50/h1-28H. The largest absolute Gasteiger partial charge is 0.308 e. The topological polar surface area (TPSA) is 40.6 Å². The molecule has 0 N–H and O–H groups in total. The smallest absolute Gasteiger partial charge is 0.196 e. The highest BCUT2D eigenvalue weighted by Crippen LogP contribution is 2.53. The normalized spacial score (nSPS) is 13.1. The van der Waals surface area contributed by atoms with E-state index in [2.05, 4.69) is 101 Å². The predicted molar refractivity (Wildman–Crippen MR) is 227 cm³/mol. The highest BCUT2D eigenvalue weighted by atomic mass is 32.2. The summed E-state index contributed by atoms with van der Waals surface area (Å²) >= 11 is 3.50. The molecule has 2 aliphatic rings. The van der Waals surface area contributed by atoms with Crippen LogP contribution >= 0.6 is 23.5 Å². The van der Waals surface area contributed by atoms with Crippen LogP contribution in [0.3, 0.4) is 0 Å². The molecular weight excluding hydrogens is 701 g/mol. The highest BCUT2D eigenvalue weighted by Gasteiger charge is 2.28. The summed E-state index contributed by atoms with van der Waals surface area (Å²) in [7, 11) is 0. The molecule has 254 valence electrons. The summed E-state index contributed by atoms with van der Waals surface area (Å²) in [4.78, 5) is 38.7. The molecule has 0 unspecified atom stereocenters. The van der Waals surface area contributed by atoms with Gasteiger partial charge in [0.15, 0.2) is 10.9 Å². The van der Waals surface area contributed by atoms with Crippen molar-refractivity contribution in [3.05, 3.63) is 190 Å². The molecule has 0 bridgehead atoms. The molecular formula is C48H28N2O2S2. The molecule has 0 saturated carbocycles. The second-order valence-electron chi connectivity index (χ2n) is 13.6. The van der Waals surface area contributed by atoms with Crippen LogP contribution < -0.4 is 20.7 Å². The van der Waals surface area contributed by atoms with Crippen molar-refractivity contribution >= 4 is 101 Å². The molecule has 2 aliphatic heterocycles. The molecule has 4 nitrogen and oxygen atoms in total. The van der Waals surface area contributed by atoms with Crippen LogP contribution in [0.1, 0.15) is 0 Å². The van der Waals surface area contributed by atoms with Crippen molar-refractivity contribution in [3.8, 4) is 0 Å². The second-order valence-corrected chi connectivity index (χ2v) is 15.7. The van der Waals surface area contributed by atoms with Crippen LogP contribution in [0, 0.1) is 0 Å². The minimum atomic E-state index is -0.0704. The summed E-state index contributed by atoms with van der Waals surface area (Å²) in [6.45, 7) is 0. The van der Waals surface area contributed by atoms with Gasteiger partial charge in [0.25, 0.3) is 0 Å². The quantitative estimate of drug-likeness (QED) is 0.176. The minimum absolute atomic E-state index is 0.0649. The Labute approximate surface area is 318 Å². The molecule has 54 heavy (non-hydrogen) atoms. The van der Waals surface area contributed by atoms with Crippen LogP contribution in [0.25, 0.3) is 43.1 Å². The van der Waals surface area contributed by atoms with E-state index in [0.29, 0.717) is 21.5 Å². The van der Waals surface area contributed by atoms with Crippen molar-refractivity contribution in [1.29, 1.82) is 0 Å². The molecule has 0 saturated heterocycles. The monoisotopic (exact) mass is 728 g/mol. The van der Waals surface area contributed by atoms with Crippen LogP contribution in [0.4, 0.5) is 34.1 Å². The molecule has 0 fully saturated rings. The van der Waals surface area contributed by atoms with Crippen molar-refractivity contribution in [2.75, 3.05) is 9.80 Å². The molecule has 6 heteroatoms. The Morgan fingerprint density at radius 1 is 0.315 bits per heavy atom. The number of hydrogen-bond acceptors (Lipinski definition) is 6. The fourth-order valence-corrected chi connectivity index (χ4v) is 10.2. The molecule has 0 aromatic heterocycles. The van der Waals surface area contributed by atoms with E-state index in [0.717, 1.165) is 75.3 Å². The molecule has 0 spiro atoms. The number of rotatable bonds is 2. The van der Waals surface area contributed by atoms with Gasteiger partial charge in [0, 0.05) is 41.1 Å². The second kappa shape index (κ2) is 12.1. The maximum absolute atomic E-state index is 15.0. The molecule has 0 atom stereocenters. The van der Waals surface area contributed by atoms with Gasteiger partial charge >= 0.3 is 0 Å². The van der Waals surface area contributed by atoms with Gasteiger partial charge in [-0.2, -0.15) is 0 Å². The number of nitrogens with zero attached hydrogens (tertiary/aromatic N) is 2. The zero-order chi connectivity index (χ0) is 35.9. The van der Waals surface area contributed by atoms with Gasteiger partial charge in [-0.15, -0.1) is 0 Å². The van der Waals surface area contributed by atoms with Gasteiger partial charge in [-0.25, -0.2) is 0 Å². The number of fused-ring (bicyclic) bond motifs is 8. The van der Waals surface area contributed by atoms with Crippen molar-refractivity contribution in [2.24, 2.45) is 0 Å². The fourth-order valence-electron chi connectivity index (χ4n) is 8.11. The van der Waals surface area contributed by atoms with Gasteiger partial charge < -0.3 is 9.80 Å². The predicted octanol–water partition coefficient (Wildman–Crippen LogP) is 12.9. The zero-order valence-corrected chi connectivity index (χ0v) is 30.3. The Kier molecular flexibility index (Phi) is 6.99. The summed E-state index contributed by atoms with van der Waals surface area (Å²) in [5, 5.41) is 5.56. The Morgan fingerprint density at radius 2 is 0.741 bits per heavy atom. The summed E-state index contributed by atoms with van der Waals surface area (Å²) in [5.41, 5.74) is 5.85. The molecule has 9 aromatic rings. The van der Waals surface area contributed by atoms with Gasteiger partial charge in [-0.3, -0.25) is 9.59 Å². The number of benzene rings is 7. The number of anilines is 6. The first-order valence-corrected chi connectivity index (χ1v) is 19.5. The van der Waals surface area contributed by atoms with Crippen molar-refractivity contribution in [3.63, 3.8) is 0 Å². The zero-order valence-electron chi connectivity index (χ0n) is 28.7. The summed E-state index contributed by atoms with van der Waals surface area (Å²) < 4.78 is 0. The molecule has 9 aromatic carbocycles. The van der Waals surface area contributed by atoms with E-state index in [-0.39, 0.29) is 10.9 Å². The highest BCUT2D eigenvalue weighted by molar-refractivity contribution is 8.00. The van der Waals surface area contributed by atoms with Crippen molar-refractivity contribution in [1.82, 2.24) is 0 Å². The summed E-state index contributed by atoms with van der Waals surface area (Å²) in [6.07, 6.45) is 0. The van der Waals surface area contributed by atoms with Crippen molar-refractivity contribution in [2.45, 2.75) is 19.6 Å². The van der Waals surface area contributed by atoms with Crippen LogP contribution in [0.15, 0.2) is 199 Å². The van der Waals surface area contributed by atoms with Crippen LogP contribution in [0.2, 0.25) is 0 Å². The Morgan fingerprint density at radius 3 is 1.31 bits per heavy atom. The van der Waals surface area contributed by atoms with Gasteiger partial charge in [0.1, 0.15) is 0 Å². The lowest BCUT2D eigenvalue weighted by atomic mass is 10.0. The SMILES string of the molecule is O=c1c2cc3ccc4cccc(N5c6ccccc6Sc6ccccc65)c4c(=O)c3cc2ccc2c(N3c4ccccc4Sc4ccccc43)cccc12. The fraction of sp³-hybridized carbons (Fsp3) is 0. The summed E-state index contributed by atoms with van der Waals surface area (Å²) in [5.74, 6) is 0. The lowest BCUT2D eigenvalue weighted by Crippen LogP contribution is -2.16. The first kappa shape index (κ1) is 31.2. The minimum Gasteiger partial charge on any atom is -0.308 e. The van der Waals surface area contributed by atoms with Crippen LogP contribution in [-0.2, 0) is 0 Å². The molecule has 0 amide bonds. The van der Waals surface area contributed by atoms with E-state index in [9.17, 15) is 9.59 Å². The van der Waals surface area contributed by atoms with Gasteiger partial charge in [-0.1, -0.05) is 121 Å². The Hall–Kier alpha value is -6.34. The van der Waals surface area contributed by atoms with Gasteiger partial charge in [-0.05, 0) is 89.0 Å². The van der Waals surface area contributed by atoms with Crippen LogP contribution in [-0.4, -0.2) is 0 Å². The maximum Gasteiger partial charge on any atom is 0.196 e. The molecule has 0 aliphatic carbocycles. The van der Waals surface area contributed by atoms with E-state index in [1.807, 2.05) is 78.9 Å². The van der Waals surface area contributed by atoms with Gasteiger partial charge in [0.05, 0.1) is 39.5 Å². The third-order valence-electron chi connectivity index (χ3n) is 10.6. The third-order valence-corrected chi connectivity index (χ3v) is 12.8. The summed E-state index contributed by atoms with van der Waals surface area (Å²) in [6, 6.07) is 57.4. The van der Waals surface area contributed by atoms with Gasteiger partial charge in [0.2, 0.25) is 0 Å². The van der Waals surface area contributed by atoms with E-state index in [1.54, 1.807) is 23.5 Å². The average molecular weight is 729 g/mol. The first-order valence-electron chi connectivity index (χ1n) is 17.8. The molecule has 11 rings (SSSR count). The number of hydrogen-bond donors (Lipinski definition) is 0. The molecule has 0 radical (unpaired) electrons. The molecule has 2 heterocycles. The number of para-hydroxylation sites is 4. The van der Waals surface area contributed by atoms with Crippen molar-refractivity contribution < 1.29 is 0 Å². The maximum atomic E-state index is 15.0. The van der Waals surface area contributed by atoms with E-state index >= 15 is 0 Å². The van der Waals surface area contributed by atoms with Crippen LogP contribution in [0.5, 0.6) is 0 Å².